The van der Waals surface area contributed by atoms with Crippen LogP contribution < -0.4 is 14.9 Å². The lowest BCUT2D eigenvalue weighted by atomic mass is 10.2. The molecular formula is C20H24N2O3S. The Balaban J connectivity index is 1.94. The maximum atomic E-state index is 12.2. The first-order valence-corrected chi connectivity index (χ1v) is 9.46. The number of nitrogens with zero attached hydrogens (tertiary/aromatic N) is 1. The molecule has 0 heterocycles. The van der Waals surface area contributed by atoms with E-state index < -0.39 is 0 Å². The van der Waals surface area contributed by atoms with Crippen molar-refractivity contribution in [1.29, 1.82) is 0 Å². The van der Waals surface area contributed by atoms with Crippen LogP contribution in [-0.2, 0) is 4.79 Å². The summed E-state index contributed by atoms with van der Waals surface area (Å²) in [5.74, 6) is 1.21. The van der Waals surface area contributed by atoms with E-state index in [2.05, 4.69) is 10.5 Å². The fraction of sp³-hybridized carbons (Fsp3) is 0.300. The van der Waals surface area contributed by atoms with Gasteiger partial charge in [-0.15, -0.1) is 11.8 Å². The molecule has 0 radical (unpaired) electrons. The van der Waals surface area contributed by atoms with Crippen molar-refractivity contribution in [3.05, 3.63) is 54.1 Å². The lowest BCUT2D eigenvalue weighted by Gasteiger charge is -2.11. The zero-order valence-electron chi connectivity index (χ0n) is 15.3. The fourth-order valence-corrected chi connectivity index (χ4v) is 3.05. The second-order valence-corrected chi connectivity index (χ2v) is 6.79. The van der Waals surface area contributed by atoms with E-state index in [-0.39, 0.29) is 11.2 Å². The molecule has 2 aromatic carbocycles. The van der Waals surface area contributed by atoms with E-state index in [4.69, 9.17) is 9.47 Å². The van der Waals surface area contributed by atoms with E-state index in [9.17, 15) is 4.79 Å². The summed E-state index contributed by atoms with van der Waals surface area (Å²) in [6, 6.07) is 15.4. The number of hydrogen-bond donors (Lipinski definition) is 1. The molecule has 2 aromatic rings. The zero-order valence-corrected chi connectivity index (χ0v) is 16.1. The second-order valence-electron chi connectivity index (χ2n) is 5.38. The van der Waals surface area contributed by atoms with E-state index in [1.807, 2.05) is 69.3 Å². The highest BCUT2D eigenvalue weighted by Crippen LogP contribution is 2.28. The van der Waals surface area contributed by atoms with Crippen molar-refractivity contribution in [2.24, 2.45) is 5.10 Å². The molecule has 0 bridgehead atoms. The normalized spacial score (nSPS) is 12.0. The summed E-state index contributed by atoms with van der Waals surface area (Å²) in [5.41, 5.74) is 3.40. The number of carbonyl (C=O) groups excluding carboxylic acids is 1. The van der Waals surface area contributed by atoms with Crippen LogP contribution in [0.3, 0.4) is 0 Å². The van der Waals surface area contributed by atoms with Gasteiger partial charge in [-0.25, -0.2) is 5.43 Å². The summed E-state index contributed by atoms with van der Waals surface area (Å²) in [6.07, 6.45) is 1.59. The fourth-order valence-electron chi connectivity index (χ4n) is 2.17. The minimum absolute atomic E-state index is 0.147. The zero-order chi connectivity index (χ0) is 18.8. The Morgan fingerprint density at radius 2 is 1.81 bits per heavy atom. The monoisotopic (exact) mass is 372 g/mol. The van der Waals surface area contributed by atoms with Crippen LogP contribution in [0.25, 0.3) is 0 Å². The molecule has 26 heavy (non-hydrogen) atoms. The van der Waals surface area contributed by atoms with Crippen LogP contribution in [0.1, 0.15) is 26.3 Å². The minimum Gasteiger partial charge on any atom is -0.490 e. The van der Waals surface area contributed by atoms with Crippen molar-refractivity contribution in [1.82, 2.24) is 5.43 Å². The standard InChI is InChI=1S/C20H24N2O3S/c1-4-24-18-12-11-16(13-19(18)25-5-2)14-21-22-20(23)15(3)26-17-9-7-6-8-10-17/h6-15H,4-5H2,1-3H3,(H,22,23). The molecule has 0 fully saturated rings. The predicted molar refractivity (Wildman–Crippen MR) is 106 cm³/mol. The van der Waals surface area contributed by atoms with Gasteiger partial charge < -0.3 is 9.47 Å². The average molecular weight is 372 g/mol. The summed E-state index contributed by atoms with van der Waals surface area (Å²) in [4.78, 5) is 13.2. The quantitative estimate of drug-likeness (QED) is 0.409. The van der Waals surface area contributed by atoms with Crippen LogP contribution in [0.15, 0.2) is 58.5 Å². The van der Waals surface area contributed by atoms with Gasteiger partial charge in [-0.2, -0.15) is 5.10 Å². The topological polar surface area (TPSA) is 59.9 Å². The molecule has 0 aliphatic rings. The van der Waals surface area contributed by atoms with Crippen LogP contribution in [-0.4, -0.2) is 30.6 Å². The molecule has 0 saturated carbocycles. The third-order valence-corrected chi connectivity index (χ3v) is 4.49. The highest BCUT2D eigenvalue weighted by molar-refractivity contribution is 8.00. The molecule has 0 aliphatic heterocycles. The SMILES string of the molecule is CCOc1ccc(C=NNC(=O)C(C)Sc2ccccc2)cc1OCC. The van der Waals surface area contributed by atoms with Crippen LogP contribution >= 0.6 is 11.8 Å². The van der Waals surface area contributed by atoms with Gasteiger partial charge in [-0.05, 0) is 56.7 Å². The number of ether oxygens (including phenoxy) is 2. The van der Waals surface area contributed by atoms with Crippen LogP contribution in [0, 0.1) is 0 Å². The van der Waals surface area contributed by atoms with E-state index >= 15 is 0 Å². The number of hydrazone groups is 1. The van der Waals surface area contributed by atoms with Gasteiger partial charge in [0.05, 0.1) is 24.7 Å². The van der Waals surface area contributed by atoms with Crippen molar-refractivity contribution in [3.8, 4) is 11.5 Å². The molecule has 1 N–H and O–H groups in total. The Hall–Kier alpha value is -2.47. The van der Waals surface area contributed by atoms with Crippen LogP contribution in [0.2, 0.25) is 0 Å². The lowest BCUT2D eigenvalue weighted by molar-refractivity contribution is -0.120. The van der Waals surface area contributed by atoms with E-state index in [1.54, 1.807) is 6.21 Å². The van der Waals surface area contributed by atoms with Gasteiger partial charge in [-0.3, -0.25) is 4.79 Å². The van der Waals surface area contributed by atoms with Gasteiger partial charge >= 0.3 is 0 Å². The van der Waals surface area contributed by atoms with Gasteiger partial charge in [0.15, 0.2) is 11.5 Å². The number of nitrogens with one attached hydrogen (secondary N) is 1. The highest BCUT2D eigenvalue weighted by Gasteiger charge is 2.13. The molecule has 1 unspecified atom stereocenters. The number of thioether (sulfide) groups is 1. The number of benzene rings is 2. The molecule has 138 valence electrons. The number of rotatable bonds is 9. The molecule has 1 atom stereocenters. The Morgan fingerprint density at radius 3 is 2.50 bits per heavy atom. The molecule has 0 aromatic heterocycles. The predicted octanol–water partition coefficient (Wildman–Crippen LogP) is 4.11. The Morgan fingerprint density at radius 1 is 1.12 bits per heavy atom. The summed E-state index contributed by atoms with van der Waals surface area (Å²) < 4.78 is 11.1. The number of hydrogen-bond acceptors (Lipinski definition) is 5. The van der Waals surface area contributed by atoms with Crippen LogP contribution in [0.5, 0.6) is 11.5 Å². The van der Waals surface area contributed by atoms with Crippen molar-refractivity contribution in [3.63, 3.8) is 0 Å². The van der Waals surface area contributed by atoms with Crippen molar-refractivity contribution in [2.45, 2.75) is 30.9 Å². The largest absolute Gasteiger partial charge is 0.490 e. The van der Waals surface area contributed by atoms with Gasteiger partial charge in [0.1, 0.15) is 0 Å². The summed E-state index contributed by atoms with van der Waals surface area (Å²) in [7, 11) is 0. The molecule has 2 rings (SSSR count). The molecule has 0 saturated heterocycles. The number of carbonyl (C=O) groups is 1. The van der Waals surface area contributed by atoms with Gasteiger partial charge in [0, 0.05) is 4.90 Å². The second kappa shape index (κ2) is 10.5. The summed E-state index contributed by atoms with van der Waals surface area (Å²) >= 11 is 1.49. The molecule has 1 amide bonds. The minimum atomic E-state index is -0.242. The van der Waals surface area contributed by atoms with Crippen LogP contribution in [0.4, 0.5) is 0 Å². The Bertz CT molecular complexity index is 735. The summed E-state index contributed by atoms with van der Waals surface area (Å²) in [5, 5.41) is 3.81. The van der Waals surface area contributed by atoms with Crippen molar-refractivity contribution < 1.29 is 14.3 Å². The molecule has 0 aliphatic carbocycles. The maximum Gasteiger partial charge on any atom is 0.253 e. The highest BCUT2D eigenvalue weighted by atomic mass is 32.2. The lowest BCUT2D eigenvalue weighted by Crippen LogP contribution is -2.26. The summed E-state index contributed by atoms with van der Waals surface area (Å²) in [6.45, 7) is 6.82. The van der Waals surface area contributed by atoms with Gasteiger partial charge in [0.25, 0.3) is 5.91 Å². The van der Waals surface area contributed by atoms with E-state index in [1.165, 1.54) is 11.8 Å². The molecule has 5 nitrogen and oxygen atoms in total. The third kappa shape index (κ3) is 6.11. The van der Waals surface area contributed by atoms with E-state index in [0.29, 0.717) is 24.7 Å². The first-order chi connectivity index (χ1) is 12.6. The van der Waals surface area contributed by atoms with Crippen molar-refractivity contribution in [2.75, 3.05) is 13.2 Å². The first kappa shape index (κ1) is 19.8. The van der Waals surface area contributed by atoms with Gasteiger partial charge in [0.2, 0.25) is 0 Å². The third-order valence-electron chi connectivity index (χ3n) is 3.38. The van der Waals surface area contributed by atoms with Gasteiger partial charge in [-0.1, -0.05) is 18.2 Å². The number of amides is 1. The Kier molecular flexibility index (Phi) is 8.02. The Labute approximate surface area is 158 Å². The van der Waals surface area contributed by atoms with Crippen molar-refractivity contribution >= 4 is 23.9 Å². The first-order valence-electron chi connectivity index (χ1n) is 8.58. The average Bonchev–Trinajstić information content (AvgIpc) is 2.65. The molecule has 6 heteroatoms. The van der Waals surface area contributed by atoms with E-state index in [0.717, 1.165) is 10.5 Å². The molecular weight excluding hydrogens is 348 g/mol. The smallest absolute Gasteiger partial charge is 0.253 e. The maximum absolute atomic E-state index is 12.2. The molecule has 0 spiro atoms.